The number of amides is 1. The molecule has 1 atom stereocenters. The van der Waals surface area contributed by atoms with Gasteiger partial charge in [-0.05, 0) is 51.6 Å². The monoisotopic (exact) mass is 416 g/mol. The van der Waals surface area contributed by atoms with Crippen LogP contribution in [0.4, 0.5) is 0 Å². The van der Waals surface area contributed by atoms with Crippen LogP contribution in [-0.2, 0) is 13.1 Å². The van der Waals surface area contributed by atoms with E-state index in [2.05, 4.69) is 48.1 Å². The molecule has 0 saturated carbocycles. The third-order valence-electron chi connectivity index (χ3n) is 5.13. The van der Waals surface area contributed by atoms with Gasteiger partial charge in [-0.15, -0.1) is 0 Å². The molecular formula is C23H36N4O3. The van der Waals surface area contributed by atoms with Crippen molar-refractivity contribution in [3.63, 3.8) is 0 Å². The van der Waals surface area contributed by atoms with Crippen molar-refractivity contribution in [2.75, 3.05) is 33.8 Å². The first-order valence-electron chi connectivity index (χ1n) is 10.6. The van der Waals surface area contributed by atoms with Crippen LogP contribution in [0.3, 0.4) is 0 Å². The summed E-state index contributed by atoms with van der Waals surface area (Å²) in [5.41, 5.74) is 1.51. The molecule has 1 amide bonds. The summed E-state index contributed by atoms with van der Waals surface area (Å²) in [7, 11) is 3.93. The third-order valence-corrected chi connectivity index (χ3v) is 5.13. The fourth-order valence-electron chi connectivity index (χ4n) is 3.00. The zero-order valence-corrected chi connectivity index (χ0v) is 19.1. The van der Waals surface area contributed by atoms with Crippen LogP contribution >= 0.6 is 0 Å². The van der Waals surface area contributed by atoms with E-state index in [0.717, 1.165) is 18.8 Å². The molecule has 0 fully saturated rings. The van der Waals surface area contributed by atoms with Crippen LogP contribution in [0, 0.1) is 5.92 Å². The van der Waals surface area contributed by atoms with Crippen molar-refractivity contribution in [3.8, 4) is 5.75 Å². The highest BCUT2D eigenvalue weighted by Crippen LogP contribution is 2.20. The van der Waals surface area contributed by atoms with Crippen LogP contribution in [0.25, 0.3) is 0 Å². The van der Waals surface area contributed by atoms with Crippen molar-refractivity contribution in [1.29, 1.82) is 0 Å². The average molecular weight is 417 g/mol. The second-order valence-electron chi connectivity index (χ2n) is 8.15. The standard InChI is InChI=1S/C23H36N4O3/c1-7-29-20-10-8-19(9-11-20)14-27(18(4)17(2)3)15-22-25-21(16-30-22)23(28)24-12-13-26(5)6/h8-11,16-18H,7,12-15H2,1-6H3,(H,24,28). The van der Waals surface area contributed by atoms with Gasteiger partial charge in [0.05, 0.1) is 13.2 Å². The molecule has 0 saturated heterocycles. The lowest BCUT2D eigenvalue weighted by molar-refractivity contribution is 0.0945. The van der Waals surface area contributed by atoms with E-state index < -0.39 is 0 Å². The molecular weight excluding hydrogens is 380 g/mol. The second kappa shape index (κ2) is 11.7. The lowest BCUT2D eigenvalue weighted by Crippen LogP contribution is -2.36. The van der Waals surface area contributed by atoms with E-state index in [-0.39, 0.29) is 5.91 Å². The number of nitrogens with one attached hydrogen (secondary N) is 1. The van der Waals surface area contributed by atoms with Crippen LogP contribution in [0.2, 0.25) is 0 Å². The van der Waals surface area contributed by atoms with Gasteiger partial charge < -0.3 is 19.4 Å². The van der Waals surface area contributed by atoms with Gasteiger partial charge in [0, 0.05) is 25.7 Å². The Labute approximate surface area is 180 Å². The molecule has 1 N–H and O–H groups in total. The number of carbonyl (C=O) groups is 1. The molecule has 1 aromatic carbocycles. The number of rotatable bonds is 12. The van der Waals surface area contributed by atoms with Gasteiger partial charge in [-0.1, -0.05) is 26.0 Å². The fourth-order valence-corrected chi connectivity index (χ4v) is 3.00. The van der Waals surface area contributed by atoms with Crippen LogP contribution in [0.1, 0.15) is 49.6 Å². The Balaban J connectivity index is 2.04. The van der Waals surface area contributed by atoms with Gasteiger partial charge in [0.2, 0.25) is 5.89 Å². The first-order valence-corrected chi connectivity index (χ1v) is 10.6. The minimum Gasteiger partial charge on any atom is -0.494 e. The van der Waals surface area contributed by atoms with Crippen LogP contribution < -0.4 is 10.1 Å². The smallest absolute Gasteiger partial charge is 0.273 e. The second-order valence-corrected chi connectivity index (χ2v) is 8.15. The van der Waals surface area contributed by atoms with Gasteiger partial charge in [0.25, 0.3) is 5.91 Å². The minimum atomic E-state index is -0.207. The molecule has 2 rings (SSSR count). The van der Waals surface area contributed by atoms with E-state index >= 15 is 0 Å². The molecule has 0 aliphatic heterocycles. The Bertz CT molecular complexity index is 771. The van der Waals surface area contributed by atoms with Crippen molar-refractivity contribution in [1.82, 2.24) is 20.1 Å². The Hall–Kier alpha value is -2.38. The van der Waals surface area contributed by atoms with Crippen molar-refractivity contribution in [3.05, 3.63) is 47.7 Å². The normalized spacial score (nSPS) is 12.6. The van der Waals surface area contributed by atoms with Crippen LogP contribution in [0.5, 0.6) is 5.75 Å². The van der Waals surface area contributed by atoms with E-state index in [9.17, 15) is 4.79 Å². The molecule has 1 heterocycles. The number of hydrogen-bond acceptors (Lipinski definition) is 6. The summed E-state index contributed by atoms with van der Waals surface area (Å²) >= 11 is 0. The largest absolute Gasteiger partial charge is 0.494 e. The molecule has 30 heavy (non-hydrogen) atoms. The molecule has 1 unspecified atom stereocenters. The summed E-state index contributed by atoms with van der Waals surface area (Å²) in [4.78, 5) is 21.0. The number of nitrogens with zero attached hydrogens (tertiary/aromatic N) is 3. The SMILES string of the molecule is CCOc1ccc(CN(Cc2nc(C(=O)NCCN(C)C)co2)C(C)C(C)C)cc1. The number of aromatic nitrogens is 1. The Morgan fingerprint density at radius 2 is 1.87 bits per heavy atom. The predicted molar refractivity (Wildman–Crippen MR) is 119 cm³/mol. The summed E-state index contributed by atoms with van der Waals surface area (Å²) in [5, 5.41) is 2.86. The molecule has 2 aromatic rings. The molecule has 7 heteroatoms. The maximum atomic E-state index is 12.3. The van der Waals surface area contributed by atoms with Gasteiger partial charge >= 0.3 is 0 Å². The Kier molecular flexibility index (Phi) is 9.33. The lowest BCUT2D eigenvalue weighted by Gasteiger charge is -2.30. The third kappa shape index (κ3) is 7.46. The van der Waals surface area contributed by atoms with E-state index in [1.165, 1.54) is 11.8 Å². The lowest BCUT2D eigenvalue weighted by atomic mass is 10.0. The molecule has 166 valence electrons. The number of oxazole rings is 1. The Morgan fingerprint density at radius 3 is 2.47 bits per heavy atom. The highest BCUT2D eigenvalue weighted by Gasteiger charge is 2.21. The fraction of sp³-hybridized carbons (Fsp3) is 0.565. The van der Waals surface area contributed by atoms with Gasteiger partial charge in [-0.2, -0.15) is 0 Å². The zero-order chi connectivity index (χ0) is 22.1. The van der Waals surface area contributed by atoms with Crippen molar-refractivity contribution in [2.24, 2.45) is 5.92 Å². The van der Waals surface area contributed by atoms with Crippen molar-refractivity contribution < 1.29 is 13.9 Å². The number of hydrogen-bond donors (Lipinski definition) is 1. The van der Waals surface area contributed by atoms with Gasteiger partial charge in [-0.3, -0.25) is 9.69 Å². The minimum absolute atomic E-state index is 0.207. The number of carbonyl (C=O) groups excluding carboxylic acids is 1. The maximum absolute atomic E-state index is 12.3. The molecule has 0 aliphatic carbocycles. The number of benzene rings is 1. The summed E-state index contributed by atoms with van der Waals surface area (Å²) in [5.74, 6) is 1.69. The van der Waals surface area contributed by atoms with Crippen LogP contribution in [0.15, 0.2) is 34.9 Å². The first-order chi connectivity index (χ1) is 14.3. The Morgan fingerprint density at radius 1 is 1.17 bits per heavy atom. The number of ether oxygens (including phenoxy) is 1. The summed E-state index contributed by atoms with van der Waals surface area (Å²) < 4.78 is 11.2. The maximum Gasteiger partial charge on any atom is 0.273 e. The molecule has 7 nitrogen and oxygen atoms in total. The molecule has 0 bridgehead atoms. The van der Waals surface area contributed by atoms with Gasteiger partial charge in [0.1, 0.15) is 12.0 Å². The summed E-state index contributed by atoms with van der Waals surface area (Å²) in [6, 6.07) is 8.49. The molecule has 0 aliphatic rings. The predicted octanol–water partition coefficient (Wildman–Crippen LogP) is 3.41. The summed E-state index contributed by atoms with van der Waals surface area (Å²) in [6.07, 6.45) is 1.44. The van der Waals surface area contributed by atoms with Crippen LogP contribution in [-0.4, -0.2) is 60.5 Å². The number of likely N-dealkylation sites (N-methyl/N-ethyl adjacent to an activating group) is 1. The van der Waals surface area contributed by atoms with Gasteiger partial charge in [-0.25, -0.2) is 4.98 Å². The molecule has 1 aromatic heterocycles. The summed E-state index contributed by atoms with van der Waals surface area (Å²) in [6.45, 7) is 11.9. The topological polar surface area (TPSA) is 70.8 Å². The van der Waals surface area contributed by atoms with E-state index in [1.807, 2.05) is 38.1 Å². The average Bonchev–Trinajstić information content (AvgIpc) is 3.17. The molecule has 0 spiro atoms. The first kappa shape index (κ1) is 23.9. The van der Waals surface area contributed by atoms with E-state index in [0.29, 0.717) is 43.2 Å². The van der Waals surface area contributed by atoms with Crippen molar-refractivity contribution >= 4 is 5.91 Å². The molecule has 0 radical (unpaired) electrons. The van der Waals surface area contributed by atoms with E-state index in [1.54, 1.807) is 0 Å². The van der Waals surface area contributed by atoms with Gasteiger partial charge in [0.15, 0.2) is 5.69 Å². The quantitative estimate of drug-likeness (QED) is 0.572. The van der Waals surface area contributed by atoms with E-state index in [4.69, 9.17) is 9.15 Å². The van der Waals surface area contributed by atoms with Crippen molar-refractivity contribution in [2.45, 2.75) is 46.8 Å². The highest BCUT2D eigenvalue weighted by atomic mass is 16.5. The highest BCUT2D eigenvalue weighted by molar-refractivity contribution is 5.91. The zero-order valence-electron chi connectivity index (χ0n) is 19.1.